The molecule has 1 unspecified atom stereocenters. The lowest BCUT2D eigenvalue weighted by Gasteiger charge is -2.39. The molecule has 0 saturated carbocycles. The van der Waals surface area contributed by atoms with E-state index < -0.39 is 0 Å². The fraction of sp³-hybridized carbons (Fsp3) is 0.269. The Bertz CT molecular complexity index is 1010. The molecule has 0 N–H and O–H groups in total. The summed E-state index contributed by atoms with van der Waals surface area (Å²) in [5.41, 5.74) is 3.45. The van der Waals surface area contributed by atoms with Crippen molar-refractivity contribution in [1.29, 1.82) is 0 Å². The minimum atomic E-state index is -0.303. The van der Waals surface area contributed by atoms with E-state index in [1.54, 1.807) is 0 Å². The Kier molecular flexibility index (Phi) is 5.69. The molecule has 0 spiro atoms. The summed E-state index contributed by atoms with van der Waals surface area (Å²) in [7, 11) is 0. The number of amidine groups is 1. The summed E-state index contributed by atoms with van der Waals surface area (Å²) in [4.78, 5) is 26.2. The molecule has 3 aliphatic rings. The van der Waals surface area contributed by atoms with Crippen LogP contribution in [0.25, 0.3) is 0 Å². The topological polar surface area (TPSA) is 48.3 Å². The maximum Gasteiger partial charge on any atom is 0.260 e. The number of piperazine rings is 1. The normalized spacial score (nSPS) is 21.7. The number of fused-ring (bicyclic) bond motifs is 1. The Morgan fingerprint density at radius 3 is 2.13 bits per heavy atom. The monoisotopic (exact) mass is 410 g/mol. The lowest BCUT2D eigenvalue weighted by Crippen LogP contribution is -2.49. The zero-order chi connectivity index (χ0) is 21.0. The number of amides is 1. The highest BCUT2D eigenvalue weighted by molar-refractivity contribution is 6.21. The van der Waals surface area contributed by atoms with Crippen LogP contribution in [0, 0.1) is 5.92 Å². The van der Waals surface area contributed by atoms with Crippen molar-refractivity contribution >= 4 is 17.5 Å². The van der Waals surface area contributed by atoms with E-state index in [9.17, 15) is 4.79 Å². The van der Waals surface area contributed by atoms with Crippen molar-refractivity contribution in [2.45, 2.75) is 6.04 Å². The molecule has 1 amide bonds. The molecule has 0 bridgehead atoms. The number of carbonyl (C=O) groups is 1. The zero-order valence-electron chi connectivity index (χ0n) is 17.5. The number of aliphatic imine (C=N–C) groups is 2. The summed E-state index contributed by atoms with van der Waals surface area (Å²) in [5.74, 6) is 0.225. The highest BCUT2D eigenvalue weighted by Crippen LogP contribution is 2.29. The third-order valence-corrected chi connectivity index (χ3v) is 6.13. The molecule has 1 fully saturated rings. The molecule has 5 rings (SSSR count). The van der Waals surface area contributed by atoms with E-state index in [2.05, 4.69) is 80.4 Å². The average Bonchev–Trinajstić information content (AvgIpc) is 2.82. The summed E-state index contributed by atoms with van der Waals surface area (Å²) in [6, 6.07) is 21.7. The van der Waals surface area contributed by atoms with Crippen LogP contribution in [0.3, 0.4) is 0 Å². The van der Waals surface area contributed by atoms with Crippen LogP contribution in [0.2, 0.25) is 0 Å². The standard InChI is InChI=1S/C26H26N4O/c31-26-22-13-7-8-14-23(22)27-24(28-26)19-29-15-17-30(18-16-29)25(20-9-3-1-4-10-20)21-11-5-2-6-12-21/h1-14,22,25H,15-19H2. The van der Waals surface area contributed by atoms with E-state index >= 15 is 0 Å². The van der Waals surface area contributed by atoms with Gasteiger partial charge in [0, 0.05) is 26.2 Å². The molecule has 31 heavy (non-hydrogen) atoms. The van der Waals surface area contributed by atoms with Crippen molar-refractivity contribution in [3.63, 3.8) is 0 Å². The van der Waals surface area contributed by atoms with Crippen LogP contribution in [0.4, 0.5) is 0 Å². The first-order chi connectivity index (χ1) is 15.3. The number of nitrogens with zero attached hydrogens (tertiary/aromatic N) is 4. The van der Waals surface area contributed by atoms with Gasteiger partial charge in [0.1, 0.15) is 11.8 Å². The number of allylic oxidation sites excluding steroid dienone is 3. The van der Waals surface area contributed by atoms with Gasteiger partial charge >= 0.3 is 0 Å². The summed E-state index contributed by atoms with van der Waals surface area (Å²) in [6.45, 7) is 4.38. The van der Waals surface area contributed by atoms with Gasteiger partial charge in [-0.2, -0.15) is 4.99 Å². The minimum absolute atomic E-state index is 0.104. The fourth-order valence-corrected chi connectivity index (χ4v) is 4.55. The third kappa shape index (κ3) is 4.33. The molecule has 1 aliphatic carbocycles. The largest absolute Gasteiger partial charge is 0.293 e. The Hall–Kier alpha value is -3.15. The first-order valence-corrected chi connectivity index (χ1v) is 10.9. The van der Waals surface area contributed by atoms with E-state index in [4.69, 9.17) is 0 Å². The maximum atomic E-state index is 12.4. The molecule has 2 aromatic carbocycles. The summed E-state index contributed by atoms with van der Waals surface area (Å²) >= 11 is 0. The van der Waals surface area contributed by atoms with Crippen LogP contribution in [-0.4, -0.2) is 60.0 Å². The van der Waals surface area contributed by atoms with Gasteiger partial charge in [0.15, 0.2) is 0 Å². The van der Waals surface area contributed by atoms with Gasteiger partial charge in [-0.3, -0.25) is 14.6 Å². The van der Waals surface area contributed by atoms with E-state index in [1.807, 2.05) is 24.3 Å². The highest BCUT2D eigenvalue weighted by Gasteiger charge is 2.29. The van der Waals surface area contributed by atoms with Gasteiger partial charge in [0.05, 0.1) is 18.3 Å². The number of benzene rings is 2. The summed E-state index contributed by atoms with van der Waals surface area (Å²) in [6.07, 6.45) is 7.60. The maximum absolute atomic E-state index is 12.4. The van der Waals surface area contributed by atoms with Crippen LogP contribution < -0.4 is 0 Å². The summed E-state index contributed by atoms with van der Waals surface area (Å²) < 4.78 is 0. The Morgan fingerprint density at radius 2 is 1.48 bits per heavy atom. The second-order valence-electron chi connectivity index (χ2n) is 8.16. The van der Waals surface area contributed by atoms with E-state index in [-0.39, 0.29) is 17.9 Å². The molecular weight excluding hydrogens is 384 g/mol. The molecule has 0 radical (unpaired) electrons. The predicted octanol–water partition coefficient (Wildman–Crippen LogP) is 3.52. The van der Waals surface area contributed by atoms with Crippen molar-refractivity contribution in [3.05, 3.63) is 96.1 Å². The van der Waals surface area contributed by atoms with Gasteiger partial charge in [-0.1, -0.05) is 78.9 Å². The quantitative estimate of drug-likeness (QED) is 0.758. The average molecular weight is 411 g/mol. The van der Waals surface area contributed by atoms with Crippen molar-refractivity contribution in [2.24, 2.45) is 15.9 Å². The summed E-state index contributed by atoms with van der Waals surface area (Å²) in [5, 5.41) is 0. The van der Waals surface area contributed by atoms with Crippen LogP contribution in [0.1, 0.15) is 17.2 Å². The second-order valence-corrected chi connectivity index (χ2v) is 8.16. The molecule has 1 saturated heterocycles. The molecule has 156 valence electrons. The number of hydrogen-bond donors (Lipinski definition) is 0. The SMILES string of the molecule is O=C1N=C(CN2CCN(C(c3ccccc3)c3ccccc3)CC2)N=C2C=CC=CC12. The molecule has 5 nitrogen and oxygen atoms in total. The lowest BCUT2D eigenvalue weighted by atomic mass is 9.96. The Morgan fingerprint density at radius 1 is 0.839 bits per heavy atom. The smallest absolute Gasteiger partial charge is 0.260 e. The second kappa shape index (κ2) is 8.92. The fourth-order valence-electron chi connectivity index (χ4n) is 4.55. The predicted molar refractivity (Wildman–Crippen MR) is 124 cm³/mol. The van der Waals surface area contributed by atoms with Gasteiger partial charge in [-0.05, 0) is 17.2 Å². The van der Waals surface area contributed by atoms with Gasteiger partial charge in [-0.15, -0.1) is 0 Å². The minimum Gasteiger partial charge on any atom is -0.293 e. The highest BCUT2D eigenvalue weighted by atomic mass is 16.1. The van der Waals surface area contributed by atoms with Crippen molar-refractivity contribution in [3.8, 4) is 0 Å². The Labute approximate surface area is 183 Å². The molecule has 2 aliphatic heterocycles. The molecular formula is C26H26N4O. The van der Waals surface area contributed by atoms with E-state index in [0.29, 0.717) is 12.4 Å². The van der Waals surface area contributed by atoms with Gasteiger partial charge in [0.2, 0.25) is 0 Å². The molecule has 5 heteroatoms. The number of rotatable bonds is 5. The van der Waals surface area contributed by atoms with Gasteiger partial charge in [0.25, 0.3) is 5.91 Å². The van der Waals surface area contributed by atoms with Crippen molar-refractivity contribution in [1.82, 2.24) is 9.80 Å². The first-order valence-electron chi connectivity index (χ1n) is 10.9. The lowest BCUT2D eigenvalue weighted by molar-refractivity contribution is -0.118. The molecule has 0 aromatic heterocycles. The number of carbonyl (C=O) groups excluding carboxylic acids is 1. The van der Waals surface area contributed by atoms with Crippen LogP contribution in [0.5, 0.6) is 0 Å². The van der Waals surface area contributed by atoms with Crippen LogP contribution >= 0.6 is 0 Å². The zero-order valence-corrected chi connectivity index (χ0v) is 17.5. The van der Waals surface area contributed by atoms with Gasteiger partial charge < -0.3 is 0 Å². The Balaban J connectivity index is 1.27. The molecule has 2 heterocycles. The number of hydrogen-bond acceptors (Lipinski definition) is 4. The molecule has 1 atom stereocenters. The van der Waals surface area contributed by atoms with E-state index in [0.717, 1.165) is 31.9 Å². The first kappa shape index (κ1) is 19.8. The van der Waals surface area contributed by atoms with Crippen molar-refractivity contribution in [2.75, 3.05) is 32.7 Å². The van der Waals surface area contributed by atoms with Gasteiger partial charge in [-0.25, -0.2) is 4.99 Å². The van der Waals surface area contributed by atoms with E-state index in [1.165, 1.54) is 11.1 Å². The van der Waals surface area contributed by atoms with Crippen LogP contribution in [-0.2, 0) is 4.79 Å². The third-order valence-electron chi connectivity index (χ3n) is 6.13. The van der Waals surface area contributed by atoms with Crippen LogP contribution in [0.15, 0.2) is 95.0 Å². The molecule has 2 aromatic rings. The van der Waals surface area contributed by atoms with Crippen molar-refractivity contribution < 1.29 is 4.79 Å².